The van der Waals surface area contributed by atoms with Gasteiger partial charge in [-0.05, 0) is 37.5 Å². The van der Waals surface area contributed by atoms with Crippen LogP contribution in [0.15, 0.2) is 12.1 Å². The van der Waals surface area contributed by atoms with E-state index in [-0.39, 0.29) is 17.8 Å². The highest BCUT2D eigenvalue weighted by Gasteiger charge is 2.29. The zero-order chi connectivity index (χ0) is 14.0. The Morgan fingerprint density at radius 3 is 2.47 bits per heavy atom. The second-order valence-corrected chi connectivity index (χ2v) is 5.53. The Balaban J connectivity index is 2.27. The average molecular weight is 334 g/mol. The molecule has 0 radical (unpaired) electrons. The van der Waals surface area contributed by atoms with Crippen molar-refractivity contribution in [2.75, 3.05) is 18.6 Å². The largest absolute Gasteiger partial charge is 0.381 e. The van der Waals surface area contributed by atoms with Crippen LogP contribution in [-0.2, 0) is 10.1 Å². The number of alkyl halides is 1. The number of hydrogen-bond acceptors (Lipinski definition) is 2. The molecule has 106 valence electrons. The third-order valence-corrected chi connectivity index (χ3v) is 4.33. The summed E-state index contributed by atoms with van der Waals surface area (Å²) in [5.74, 6) is -0.977. The molecule has 0 aromatic heterocycles. The molecule has 2 nitrogen and oxygen atoms in total. The van der Waals surface area contributed by atoms with E-state index >= 15 is 0 Å². The summed E-state index contributed by atoms with van der Waals surface area (Å²) in [6.45, 7) is 2.59. The van der Waals surface area contributed by atoms with Gasteiger partial charge < -0.3 is 9.64 Å². The van der Waals surface area contributed by atoms with Gasteiger partial charge in [-0.25, -0.2) is 8.78 Å². The van der Waals surface area contributed by atoms with Crippen molar-refractivity contribution in [2.45, 2.75) is 37.2 Å². The molecule has 0 amide bonds. The maximum absolute atomic E-state index is 14.1. The van der Waals surface area contributed by atoms with Crippen molar-refractivity contribution < 1.29 is 13.5 Å². The number of piperidine rings is 1. The van der Waals surface area contributed by atoms with E-state index in [1.165, 1.54) is 12.1 Å². The molecule has 1 fully saturated rings. The number of halogens is 3. The third kappa shape index (κ3) is 3.08. The fourth-order valence-corrected chi connectivity index (χ4v) is 2.97. The molecule has 2 atom stereocenters. The summed E-state index contributed by atoms with van der Waals surface area (Å²) in [5.41, 5.74) is 0.699. The highest BCUT2D eigenvalue weighted by atomic mass is 79.9. The van der Waals surface area contributed by atoms with Crippen molar-refractivity contribution in [3.05, 3.63) is 29.3 Å². The lowest BCUT2D eigenvalue weighted by molar-refractivity contribution is 0.0718. The number of benzene rings is 1. The van der Waals surface area contributed by atoms with E-state index in [1.807, 2.05) is 6.92 Å². The van der Waals surface area contributed by atoms with Crippen LogP contribution in [-0.4, -0.2) is 25.8 Å². The number of ether oxygens (including phenoxy) is 1. The summed E-state index contributed by atoms with van der Waals surface area (Å²) in [5, 5.41) is 0.447. The van der Waals surface area contributed by atoms with Crippen LogP contribution in [0.2, 0.25) is 0 Å². The number of rotatable bonds is 3. The number of methoxy groups -OCH3 is 1. The van der Waals surface area contributed by atoms with Gasteiger partial charge in [0.25, 0.3) is 0 Å². The van der Waals surface area contributed by atoms with Gasteiger partial charge in [-0.15, -0.1) is 0 Å². The highest BCUT2D eigenvalue weighted by molar-refractivity contribution is 9.08. The monoisotopic (exact) mass is 333 g/mol. The zero-order valence-corrected chi connectivity index (χ0v) is 12.7. The van der Waals surface area contributed by atoms with Crippen LogP contribution in [0.1, 0.15) is 25.3 Å². The summed E-state index contributed by atoms with van der Waals surface area (Å²) >= 11 is 3.21. The van der Waals surface area contributed by atoms with Gasteiger partial charge in [0.2, 0.25) is 0 Å². The van der Waals surface area contributed by atoms with Gasteiger partial charge in [-0.1, -0.05) is 15.9 Å². The van der Waals surface area contributed by atoms with Gasteiger partial charge in [0.05, 0.1) is 6.10 Å². The van der Waals surface area contributed by atoms with Crippen molar-refractivity contribution in [2.24, 2.45) is 0 Å². The van der Waals surface area contributed by atoms with Crippen LogP contribution in [0.5, 0.6) is 0 Å². The van der Waals surface area contributed by atoms with Crippen LogP contribution in [0.25, 0.3) is 0 Å². The Morgan fingerprint density at radius 2 is 2.00 bits per heavy atom. The van der Waals surface area contributed by atoms with Crippen molar-refractivity contribution in [3.8, 4) is 0 Å². The van der Waals surface area contributed by atoms with E-state index in [0.29, 0.717) is 17.4 Å². The molecule has 2 rings (SSSR count). The van der Waals surface area contributed by atoms with E-state index in [4.69, 9.17) is 4.74 Å². The number of anilines is 1. The molecule has 19 heavy (non-hydrogen) atoms. The van der Waals surface area contributed by atoms with Crippen molar-refractivity contribution >= 4 is 21.6 Å². The molecule has 1 aliphatic heterocycles. The first-order chi connectivity index (χ1) is 9.06. The lowest BCUT2D eigenvalue weighted by Crippen LogP contribution is -2.44. The fourth-order valence-electron chi connectivity index (χ4n) is 2.64. The molecular weight excluding hydrogens is 316 g/mol. The Kier molecular flexibility index (Phi) is 4.79. The molecular formula is C14H18BrF2NO. The van der Waals surface area contributed by atoms with Crippen LogP contribution in [0.4, 0.5) is 14.5 Å². The fraction of sp³-hybridized carbons (Fsp3) is 0.571. The second-order valence-electron chi connectivity index (χ2n) is 4.97. The molecule has 1 aromatic rings. The van der Waals surface area contributed by atoms with Gasteiger partial charge in [-0.2, -0.15) is 0 Å². The Labute approximate surface area is 120 Å². The zero-order valence-electron chi connectivity index (χ0n) is 11.1. The Bertz CT molecular complexity index is 432. The first-order valence-corrected chi connectivity index (χ1v) is 7.52. The lowest BCUT2D eigenvalue weighted by atomic mass is 9.99. The second kappa shape index (κ2) is 6.18. The minimum absolute atomic E-state index is 0.0671. The maximum Gasteiger partial charge on any atom is 0.149 e. The summed E-state index contributed by atoms with van der Waals surface area (Å²) < 4.78 is 33.5. The molecule has 1 heterocycles. The average Bonchev–Trinajstić information content (AvgIpc) is 2.39. The predicted octanol–water partition coefficient (Wildman–Crippen LogP) is 3.86. The molecule has 0 bridgehead atoms. The van der Waals surface area contributed by atoms with Crippen LogP contribution >= 0.6 is 15.9 Å². The minimum atomic E-state index is -0.489. The Morgan fingerprint density at radius 1 is 1.37 bits per heavy atom. The molecule has 0 spiro atoms. The summed E-state index contributed by atoms with van der Waals surface area (Å²) in [4.78, 5) is 1.80. The standard InChI is InChI=1S/C14H18BrF2NO/c1-9-5-11(19-2)3-4-18(9)14-12(16)6-10(8-15)7-13(14)17/h6-7,9,11H,3-5,8H2,1-2H3. The molecule has 5 heteroatoms. The molecule has 1 aromatic carbocycles. The van der Waals surface area contributed by atoms with E-state index in [0.717, 1.165) is 12.8 Å². The topological polar surface area (TPSA) is 12.5 Å². The van der Waals surface area contributed by atoms with Gasteiger partial charge >= 0.3 is 0 Å². The molecule has 1 aliphatic rings. The summed E-state index contributed by atoms with van der Waals surface area (Å²) in [7, 11) is 1.68. The lowest BCUT2D eigenvalue weighted by Gasteiger charge is -2.39. The maximum atomic E-state index is 14.1. The quantitative estimate of drug-likeness (QED) is 0.779. The molecule has 0 N–H and O–H groups in total. The smallest absolute Gasteiger partial charge is 0.149 e. The number of hydrogen-bond donors (Lipinski definition) is 0. The van der Waals surface area contributed by atoms with E-state index in [1.54, 1.807) is 12.0 Å². The van der Waals surface area contributed by atoms with Gasteiger partial charge in [-0.3, -0.25) is 0 Å². The summed E-state index contributed by atoms with van der Waals surface area (Å²) in [6.07, 6.45) is 1.76. The number of nitrogens with zero attached hydrogens (tertiary/aromatic N) is 1. The normalized spacial score (nSPS) is 23.7. The van der Waals surface area contributed by atoms with Gasteiger partial charge in [0, 0.05) is 25.0 Å². The van der Waals surface area contributed by atoms with E-state index in [9.17, 15) is 8.78 Å². The molecule has 0 saturated carbocycles. The van der Waals surface area contributed by atoms with Crippen LogP contribution in [0.3, 0.4) is 0 Å². The first-order valence-electron chi connectivity index (χ1n) is 6.40. The minimum Gasteiger partial charge on any atom is -0.381 e. The van der Waals surface area contributed by atoms with Crippen molar-refractivity contribution in [1.82, 2.24) is 0 Å². The molecule has 1 saturated heterocycles. The van der Waals surface area contributed by atoms with Gasteiger partial charge in [0.1, 0.15) is 17.3 Å². The van der Waals surface area contributed by atoms with Crippen LogP contribution < -0.4 is 4.90 Å². The van der Waals surface area contributed by atoms with Crippen molar-refractivity contribution in [1.29, 1.82) is 0 Å². The van der Waals surface area contributed by atoms with Crippen molar-refractivity contribution in [3.63, 3.8) is 0 Å². The van der Waals surface area contributed by atoms with Gasteiger partial charge in [0.15, 0.2) is 0 Å². The van der Waals surface area contributed by atoms with E-state index < -0.39 is 11.6 Å². The van der Waals surface area contributed by atoms with Crippen LogP contribution in [0, 0.1) is 11.6 Å². The molecule has 2 unspecified atom stereocenters. The SMILES string of the molecule is COC1CCN(c2c(F)cc(CBr)cc2F)C(C)C1. The highest BCUT2D eigenvalue weighted by Crippen LogP contribution is 2.31. The molecule has 0 aliphatic carbocycles. The predicted molar refractivity (Wildman–Crippen MR) is 75.8 cm³/mol. The first kappa shape index (κ1) is 14.7. The third-order valence-electron chi connectivity index (χ3n) is 3.68. The Hall–Kier alpha value is -0.680. The summed E-state index contributed by atoms with van der Waals surface area (Å²) in [6, 6.07) is 2.85. The van der Waals surface area contributed by atoms with E-state index in [2.05, 4.69) is 15.9 Å².